The van der Waals surface area contributed by atoms with Crippen LogP contribution in [0.5, 0.6) is 11.5 Å². The van der Waals surface area contributed by atoms with Gasteiger partial charge in [-0.3, -0.25) is 9.59 Å². The Bertz CT molecular complexity index is 849. The first kappa shape index (κ1) is 23.0. The highest BCUT2D eigenvalue weighted by molar-refractivity contribution is 5.78. The fourth-order valence-corrected chi connectivity index (χ4v) is 2.21. The van der Waals surface area contributed by atoms with E-state index in [0.717, 1.165) is 12.1 Å². The number of rotatable bonds is 11. The fraction of sp³-hybridized carbons (Fsp3) is 0.300. The van der Waals surface area contributed by atoms with Gasteiger partial charge in [0, 0.05) is 19.2 Å². The van der Waals surface area contributed by atoms with Gasteiger partial charge in [0.1, 0.15) is 17.3 Å². The molecule has 2 aromatic rings. The maximum atomic E-state index is 13.0. The molecule has 2 rings (SSSR count). The van der Waals surface area contributed by atoms with Gasteiger partial charge in [0.25, 0.3) is 11.8 Å². The van der Waals surface area contributed by atoms with Crippen LogP contribution in [0.15, 0.2) is 42.5 Å². The monoisotopic (exact) mass is 426 g/mol. The minimum atomic E-state index is -1.08. The highest BCUT2D eigenvalue weighted by Crippen LogP contribution is 2.15. The van der Waals surface area contributed by atoms with Crippen LogP contribution in [0.4, 0.5) is 13.2 Å². The number of hydrogen-bond acceptors (Lipinski definition) is 5. The quantitative estimate of drug-likeness (QED) is 0.507. The molecule has 0 heterocycles. The zero-order chi connectivity index (χ0) is 21.9. The molecule has 7 nitrogen and oxygen atoms in total. The SMILES string of the molecule is O=C(COc1ccc(F)c(F)c1)NCC[C@H](O)CNC(=O)COc1ccc(F)cc1. The van der Waals surface area contributed by atoms with Crippen LogP contribution in [-0.4, -0.2) is 49.3 Å². The number of carbonyl (C=O) groups excluding carboxylic acids is 2. The summed E-state index contributed by atoms with van der Waals surface area (Å²) < 4.78 is 48.8. The summed E-state index contributed by atoms with van der Waals surface area (Å²) in [6.45, 7) is -0.634. The summed E-state index contributed by atoms with van der Waals surface area (Å²) in [5, 5.41) is 14.8. The molecule has 2 amide bonds. The van der Waals surface area contributed by atoms with E-state index in [-0.39, 0.29) is 31.9 Å². The maximum Gasteiger partial charge on any atom is 0.258 e. The van der Waals surface area contributed by atoms with Crippen LogP contribution in [0.25, 0.3) is 0 Å². The van der Waals surface area contributed by atoms with E-state index in [1.807, 2.05) is 0 Å². The molecule has 0 fully saturated rings. The first-order valence-electron chi connectivity index (χ1n) is 9.01. The van der Waals surface area contributed by atoms with E-state index in [2.05, 4.69) is 10.6 Å². The van der Waals surface area contributed by atoms with Gasteiger partial charge in [0.15, 0.2) is 24.8 Å². The van der Waals surface area contributed by atoms with Gasteiger partial charge in [0.05, 0.1) is 6.10 Å². The van der Waals surface area contributed by atoms with Gasteiger partial charge in [0.2, 0.25) is 0 Å². The molecule has 0 radical (unpaired) electrons. The average Bonchev–Trinajstić information content (AvgIpc) is 2.72. The second-order valence-electron chi connectivity index (χ2n) is 6.20. The van der Waals surface area contributed by atoms with E-state index < -0.39 is 42.0 Å². The van der Waals surface area contributed by atoms with E-state index in [0.29, 0.717) is 5.75 Å². The molecule has 0 spiro atoms. The predicted molar refractivity (Wildman–Crippen MR) is 100 cm³/mol. The van der Waals surface area contributed by atoms with Crippen molar-refractivity contribution in [2.24, 2.45) is 0 Å². The lowest BCUT2D eigenvalue weighted by molar-refractivity contribution is -0.124. The topological polar surface area (TPSA) is 96.9 Å². The molecular formula is C20H21F3N2O5. The van der Waals surface area contributed by atoms with Crippen LogP contribution < -0.4 is 20.1 Å². The molecule has 0 saturated carbocycles. The summed E-state index contributed by atoms with van der Waals surface area (Å²) in [6, 6.07) is 8.08. The van der Waals surface area contributed by atoms with Crippen LogP contribution in [0, 0.1) is 17.5 Å². The van der Waals surface area contributed by atoms with Crippen molar-refractivity contribution in [1.82, 2.24) is 10.6 Å². The minimum Gasteiger partial charge on any atom is -0.484 e. The summed E-state index contributed by atoms with van der Waals surface area (Å²) in [6.07, 6.45) is -0.747. The molecule has 0 aromatic heterocycles. The van der Waals surface area contributed by atoms with Crippen molar-refractivity contribution in [3.63, 3.8) is 0 Å². The molecule has 1 atom stereocenters. The Labute approximate surface area is 170 Å². The summed E-state index contributed by atoms with van der Waals surface area (Å²) in [7, 11) is 0. The van der Waals surface area contributed by atoms with E-state index in [1.54, 1.807) is 0 Å². The van der Waals surface area contributed by atoms with Crippen molar-refractivity contribution in [1.29, 1.82) is 0 Å². The van der Waals surface area contributed by atoms with E-state index in [4.69, 9.17) is 9.47 Å². The third kappa shape index (κ3) is 8.39. The minimum absolute atomic E-state index is 0.00894. The Balaban J connectivity index is 1.55. The smallest absolute Gasteiger partial charge is 0.258 e. The van der Waals surface area contributed by atoms with Crippen molar-refractivity contribution < 1.29 is 37.3 Å². The molecule has 30 heavy (non-hydrogen) atoms. The number of carbonyl (C=O) groups is 2. The van der Waals surface area contributed by atoms with Crippen molar-refractivity contribution in [2.75, 3.05) is 26.3 Å². The number of aliphatic hydroxyl groups is 1. The average molecular weight is 426 g/mol. The molecule has 162 valence electrons. The molecule has 0 aliphatic carbocycles. The highest BCUT2D eigenvalue weighted by Gasteiger charge is 2.10. The Morgan fingerprint density at radius 3 is 2.13 bits per heavy atom. The van der Waals surface area contributed by atoms with Gasteiger partial charge in [-0.05, 0) is 42.8 Å². The fourth-order valence-electron chi connectivity index (χ4n) is 2.21. The second kappa shape index (κ2) is 11.7. The van der Waals surface area contributed by atoms with Crippen molar-refractivity contribution >= 4 is 11.8 Å². The number of halogens is 3. The van der Waals surface area contributed by atoms with Crippen LogP contribution in [-0.2, 0) is 9.59 Å². The van der Waals surface area contributed by atoms with Gasteiger partial charge in [-0.2, -0.15) is 0 Å². The zero-order valence-electron chi connectivity index (χ0n) is 15.9. The number of amides is 2. The van der Waals surface area contributed by atoms with Gasteiger partial charge in [-0.25, -0.2) is 13.2 Å². The largest absolute Gasteiger partial charge is 0.484 e. The Hall–Kier alpha value is -3.27. The van der Waals surface area contributed by atoms with Gasteiger partial charge < -0.3 is 25.2 Å². The second-order valence-corrected chi connectivity index (χ2v) is 6.20. The first-order chi connectivity index (χ1) is 14.3. The first-order valence-corrected chi connectivity index (χ1v) is 9.01. The molecule has 3 N–H and O–H groups in total. The number of nitrogens with one attached hydrogen (secondary N) is 2. The zero-order valence-corrected chi connectivity index (χ0v) is 15.9. The Morgan fingerprint density at radius 2 is 1.47 bits per heavy atom. The van der Waals surface area contributed by atoms with Crippen LogP contribution in [0.3, 0.4) is 0 Å². The summed E-state index contributed by atoms with van der Waals surface area (Å²) in [4.78, 5) is 23.3. The van der Waals surface area contributed by atoms with Crippen LogP contribution >= 0.6 is 0 Å². The third-order valence-electron chi connectivity index (χ3n) is 3.78. The van der Waals surface area contributed by atoms with Gasteiger partial charge >= 0.3 is 0 Å². The van der Waals surface area contributed by atoms with Gasteiger partial charge in [-0.15, -0.1) is 0 Å². The molecule has 0 bridgehead atoms. The number of ether oxygens (including phenoxy) is 2. The molecular weight excluding hydrogens is 405 g/mol. The molecule has 0 aliphatic heterocycles. The van der Waals surface area contributed by atoms with E-state index in [9.17, 15) is 27.9 Å². The molecule has 0 aliphatic rings. The number of benzene rings is 2. The van der Waals surface area contributed by atoms with Crippen molar-refractivity contribution in [2.45, 2.75) is 12.5 Å². The van der Waals surface area contributed by atoms with E-state index >= 15 is 0 Å². The maximum absolute atomic E-state index is 13.0. The number of hydrogen-bond donors (Lipinski definition) is 3. The van der Waals surface area contributed by atoms with Crippen LogP contribution in [0.1, 0.15) is 6.42 Å². The predicted octanol–water partition coefficient (Wildman–Crippen LogP) is 1.55. The van der Waals surface area contributed by atoms with E-state index in [1.165, 1.54) is 30.3 Å². The normalized spacial score (nSPS) is 11.5. The molecule has 0 unspecified atom stereocenters. The van der Waals surface area contributed by atoms with Gasteiger partial charge in [-0.1, -0.05) is 0 Å². The molecule has 2 aromatic carbocycles. The summed E-state index contributed by atoms with van der Waals surface area (Å²) in [5.74, 6) is -3.16. The Kier molecular flexibility index (Phi) is 8.95. The lowest BCUT2D eigenvalue weighted by Gasteiger charge is -2.13. The highest BCUT2D eigenvalue weighted by atomic mass is 19.2. The standard InChI is InChI=1S/C20H21F3N2O5/c21-13-1-3-15(4-2-13)29-12-20(28)25-10-14(26)7-8-24-19(27)11-30-16-5-6-17(22)18(23)9-16/h1-6,9,14,26H,7-8,10-12H2,(H,24,27)(H,25,28)/t14-/m0/s1. The molecule has 10 heteroatoms. The lowest BCUT2D eigenvalue weighted by atomic mass is 10.2. The van der Waals surface area contributed by atoms with Crippen LogP contribution in [0.2, 0.25) is 0 Å². The van der Waals surface area contributed by atoms with Crippen molar-refractivity contribution in [3.05, 3.63) is 59.9 Å². The summed E-state index contributed by atoms with van der Waals surface area (Å²) >= 11 is 0. The van der Waals surface area contributed by atoms with Crippen molar-refractivity contribution in [3.8, 4) is 11.5 Å². The third-order valence-corrected chi connectivity index (χ3v) is 3.78. The lowest BCUT2D eigenvalue weighted by Crippen LogP contribution is -2.37. The Morgan fingerprint density at radius 1 is 0.867 bits per heavy atom. The molecule has 0 saturated heterocycles. The summed E-state index contributed by atoms with van der Waals surface area (Å²) in [5.41, 5.74) is 0. The number of aliphatic hydroxyl groups excluding tert-OH is 1.